The summed E-state index contributed by atoms with van der Waals surface area (Å²) in [7, 11) is 0. The van der Waals surface area contributed by atoms with Gasteiger partial charge in [-0.1, -0.05) is 13.8 Å². The van der Waals surface area contributed by atoms with E-state index in [-0.39, 0.29) is 0 Å². The molecule has 0 saturated carbocycles. The fourth-order valence-corrected chi connectivity index (χ4v) is 3.26. The fraction of sp³-hybridized carbons (Fsp3) is 1.00. The van der Waals surface area contributed by atoms with E-state index in [0.29, 0.717) is 12.1 Å². The number of ether oxygens (including phenoxy) is 1. The molecule has 0 radical (unpaired) electrons. The quantitative estimate of drug-likeness (QED) is 0.751. The lowest BCUT2D eigenvalue weighted by atomic mass is 10.2. The van der Waals surface area contributed by atoms with E-state index in [4.69, 9.17) is 4.74 Å². The summed E-state index contributed by atoms with van der Waals surface area (Å²) in [6.07, 6.45) is 4.32. The zero-order chi connectivity index (χ0) is 13.5. The Bertz CT molecular complexity index is 244. The van der Waals surface area contributed by atoms with Crippen molar-refractivity contribution in [1.29, 1.82) is 0 Å². The number of nitrogens with one attached hydrogen (secondary N) is 1. The Morgan fingerprint density at radius 3 is 2.89 bits per heavy atom. The van der Waals surface area contributed by atoms with Gasteiger partial charge in [-0.25, -0.2) is 0 Å². The Hall–Kier alpha value is -0.160. The van der Waals surface area contributed by atoms with Crippen LogP contribution in [0.25, 0.3) is 0 Å². The van der Waals surface area contributed by atoms with Crippen molar-refractivity contribution in [2.24, 2.45) is 0 Å². The number of rotatable bonds is 7. The van der Waals surface area contributed by atoms with Gasteiger partial charge in [0.25, 0.3) is 0 Å². The van der Waals surface area contributed by atoms with E-state index in [0.717, 1.165) is 32.8 Å². The molecule has 0 aromatic rings. The molecule has 0 aliphatic carbocycles. The molecule has 2 heterocycles. The molecule has 19 heavy (non-hydrogen) atoms. The van der Waals surface area contributed by atoms with Crippen molar-refractivity contribution >= 4 is 0 Å². The maximum Gasteiger partial charge on any atom is 0.0829 e. The number of likely N-dealkylation sites (N-methyl/N-ethyl adjacent to an activating group) is 1. The van der Waals surface area contributed by atoms with Crippen LogP contribution in [0.4, 0.5) is 0 Å². The fourth-order valence-electron chi connectivity index (χ4n) is 3.26. The molecule has 4 nitrogen and oxygen atoms in total. The van der Waals surface area contributed by atoms with Gasteiger partial charge in [-0.3, -0.25) is 9.80 Å². The average Bonchev–Trinajstić information content (AvgIpc) is 2.92. The summed E-state index contributed by atoms with van der Waals surface area (Å²) in [5.74, 6) is 0. The van der Waals surface area contributed by atoms with Gasteiger partial charge in [0.2, 0.25) is 0 Å². The van der Waals surface area contributed by atoms with Crippen LogP contribution in [0.3, 0.4) is 0 Å². The molecule has 2 rings (SSSR count). The highest BCUT2D eigenvalue weighted by Gasteiger charge is 2.24. The van der Waals surface area contributed by atoms with Crippen LogP contribution in [0, 0.1) is 0 Å². The third-order valence-electron chi connectivity index (χ3n) is 4.31. The first-order valence-corrected chi connectivity index (χ1v) is 8.11. The highest BCUT2D eigenvalue weighted by Crippen LogP contribution is 2.11. The molecular formula is C15H31N3O. The van der Waals surface area contributed by atoms with Gasteiger partial charge in [-0.15, -0.1) is 0 Å². The first-order valence-electron chi connectivity index (χ1n) is 8.11. The van der Waals surface area contributed by atoms with Crippen LogP contribution in [0.15, 0.2) is 0 Å². The van der Waals surface area contributed by atoms with Crippen molar-refractivity contribution in [3.63, 3.8) is 0 Å². The van der Waals surface area contributed by atoms with Crippen molar-refractivity contribution in [3.8, 4) is 0 Å². The molecule has 0 bridgehead atoms. The minimum absolute atomic E-state index is 0.404. The van der Waals surface area contributed by atoms with Gasteiger partial charge >= 0.3 is 0 Å². The number of hydrogen-bond acceptors (Lipinski definition) is 4. The van der Waals surface area contributed by atoms with Gasteiger partial charge in [-0.05, 0) is 38.9 Å². The molecular weight excluding hydrogens is 238 g/mol. The van der Waals surface area contributed by atoms with E-state index >= 15 is 0 Å². The summed E-state index contributed by atoms with van der Waals surface area (Å²) < 4.78 is 5.95. The molecule has 1 N–H and O–H groups in total. The molecule has 2 fully saturated rings. The van der Waals surface area contributed by atoms with Crippen LogP contribution in [0.1, 0.15) is 33.1 Å². The largest absolute Gasteiger partial charge is 0.374 e. The van der Waals surface area contributed by atoms with Gasteiger partial charge in [0.15, 0.2) is 0 Å². The summed E-state index contributed by atoms with van der Waals surface area (Å²) in [6, 6.07) is 0.706. The van der Waals surface area contributed by atoms with Crippen LogP contribution >= 0.6 is 0 Å². The maximum atomic E-state index is 5.95. The van der Waals surface area contributed by atoms with Crippen molar-refractivity contribution < 1.29 is 4.74 Å². The predicted molar refractivity (Wildman–Crippen MR) is 79.6 cm³/mol. The van der Waals surface area contributed by atoms with E-state index in [1.54, 1.807) is 0 Å². The van der Waals surface area contributed by atoms with Crippen molar-refractivity contribution in [2.75, 3.05) is 52.4 Å². The first kappa shape index (κ1) is 15.2. The molecule has 2 saturated heterocycles. The van der Waals surface area contributed by atoms with E-state index in [9.17, 15) is 0 Å². The average molecular weight is 269 g/mol. The van der Waals surface area contributed by atoms with Crippen LogP contribution in [-0.2, 0) is 4.74 Å². The molecule has 0 aromatic heterocycles. The smallest absolute Gasteiger partial charge is 0.0829 e. The minimum atomic E-state index is 0.404. The summed E-state index contributed by atoms with van der Waals surface area (Å²) >= 11 is 0. The number of nitrogens with zero attached hydrogens (tertiary/aromatic N) is 2. The Balaban J connectivity index is 1.77. The standard InChI is InChI=1S/C15H31N3O/c1-3-8-18(11-14-6-5-7-16-14)13-15-12-17(4-2)9-10-19-15/h14-16H,3-13H2,1-2H3. The molecule has 0 aromatic carbocycles. The highest BCUT2D eigenvalue weighted by molar-refractivity contribution is 4.80. The lowest BCUT2D eigenvalue weighted by molar-refractivity contribution is -0.0425. The monoisotopic (exact) mass is 269 g/mol. The molecule has 2 aliphatic rings. The Kier molecular flexibility index (Phi) is 6.57. The van der Waals surface area contributed by atoms with Crippen molar-refractivity contribution in [2.45, 2.75) is 45.3 Å². The third kappa shape index (κ3) is 5.03. The van der Waals surface area contributed by atoms with Crippen LogP contribution in [0.2, 0.25) is 0 Å². The molecule has 2 unspecified atom stereocenters. The van der Waals surface area contributed by atoms with Gasteiger partial charge < -0.3 is 10.1 Å². The lowest BCUT2D eigenvalue weighted by Gasteiger charge is -2.36. The molecule has 4 heteroatoms. The zero-order valence-corrected chi connectivity index (χ0v) is 12.7. The Morgan fingerprint density at radius 2 is 2.21 bits per heavy atom. The summed E-state index contributed by atoms with van der Waals surface area (Å²) in [5, 5.41) is 3.61. The summed E-state index contributed by atoms with van der Waals surface area (Å²) in [4.78, 5) is 5.11. The summed E-state index contributed by atoms with van der Waals surface area (Å²) in [5.41, 5.74) is 0. The van der Waals surface area contributed by atoms with E-state index in [2.05, 4.69) is 29.0 Å². The molecule has 2 atom stereocenters. The molecule has 0 amide bonds. The normalized spacial score (nSPS) is 29.2. The van der Waals surface area contributed by atoms with E-state index in [1.807, 2.05) is 0 Å². The van der Waals surface area contributed by atoms with Crippen molar-refractivity contribution in [1.82, 2.24) is 15.1 Å². The zero-order valence-electron chi connectivity index (χ0n) is 12.7. The third-order valence-corrected chi connectivity index (χ3v) is 4.31. The van der Waals surface area contributed by atoms with Gasteiger partial charge in [0, 0.05) is 32.2 Å². The van der Waals surface area contributed by atoms with Crippen LogP contribution < -0.4 is 5.32 Å². The van der Waals surface area contributed by atoms with Crippen molar-refractivity contribution in [3.05, 3.63) is 0 Å². The molecule has 112 valence electrons. The lowest BCUT2D eigenvalue weighted by Crippen LogP contribution is -2.49. The maximum absolute atomic E-state index is 5.95. The van der Waals surface area contributed by atoms with Crippen LogP contribution in [-0.4, -0.2) is 74.4 Å². The number of morpholine rings is 1. The first-order chi connectivity index (χ1) is 9.31. The second-order valence-corrected chi connectivity index (χ2v) is 5.94. The van der Waals surface area contributed by atoms with E-state index in [1.165, 1.54) is 38.9 Å². The Labute approximate surface area is 118 Å². The summed E-state index contributed by atoms with van der Waals surface area (Å²) in [6.45, 7) is 13.5. The highest BCUT2D eigenvalue weighted by atomic mass is 16.5. The SMILES string of the molecule is CCCN(CC1CCCN1)CC1CN(CC)CCO1. The Morgan fingerprint density at radius 1 is 1.32 bits per heavy atom. The molecule has 0 spiro atoms. The van der Waals surface area contributed by atoms with Gasteiger partial charge in [-0.2, -0.15) is 0 Å². The topological polar surface area (TPSA) is 27.7 Å². The van der Waals surface area contributed by atoms with Gasteiger partial charge in [0.05, 0.1) is 12.7 Å². The predicted octanol–water partition coefficient (Wildman–Crippen LogP) is 1.17. The minimum Gasteiger partial charge on any atom is -0.374 e. The van der Waals surface area contributed by atoms with Gasteiger partial charge in [0.1, 0.15) is 0 Å². The van der Waals surface area contributed by atoms with E-state index < -0.39 is 0 Å². The second kappa shape index (κ2) is 8.20. The number of hydrogen-bond donors (Lipinski definition) is 1. The molecule has 2 aliphatic heterocycles. The van der Waals surface area contributed by atoms with Crippen LogP contribution in [0.5, 0.6) is 0 Å². The second-order valence-electron chi connectivity index (χ2n) is 5.94.